The lowest BCUT2D eigenvalue weighted by molar-refractivity contribution is -0.129. The predicted molar refractivity (Wildman–Crippen MR) is 113 cm³/mol. The molecule has 1 N–H and O–H groups in total. The molecule has 0 radical (unpaired) electrons. The van der Waals surface area contributed by atoms with Crippen molar-refractivity contribution < 1.29 is 18.7 Å². The largest absolute Gasteiger partial charge is 0.495 e. The lowest BCUT2D eigenvalue weighted by Gasteiger charge is -2.27. The monoisotopic (exact) mass is 417 g/mol. The number of rotatable bonds is 6. The first-order valence-corrected chi connectivity index (χ1v) is 10.2. The van der Waals surface area contributed by atoms with Crippen LogP contribution in [0.5, 0.6) is 5.75 Å². The number of ether oxygens (including phenoxy) is 1. The third-order valence-corrected chi connectivity index (χ3v) is 6.15. The van der Waals surface area contributed by atoms with Crippen LogP contribution >= 0.6 is 11.8 Å². The molecule has 1 fully saturated rings. The fourth-order valence-electron chi connectivity index (χ4n) is 3.14. The summed E-state index contributed by atoms with van der Waals surface area (Å²) in [6.07, 6.45) is 0. The Labute approximate surface area is 174 Å². The number of carbonyl (C=O) groups is 2. The van der Waals surface area contributed by atoms with Gasteiger partial charge in [0.05, 0.1) is 18.0 Å². The zero-order valence-corrected chi connectivity index (χ0v) is 17.4. The first-order valence-electron chi connectivity index (χ1n) is 9.27. The number of thioether (sulfide) groups is 1. The molecule has 0 aliphatic carbocycles. The molecule has 0 unspecified atom stereocenters. The van der Waals surface area contributed by atoms with Crippen LogP contribution in [0.1, 0.15) is 17.9 Å². The lowest BCUT2D eigenvalue weighted by Crippen LogP contribution is -2.40. The van der Waals surface area contributed by atoms with E-state index in [0.717, 1.165) is 5.56 Å². The van der Waals surface area contributed by atoms with E-state index in [9.17, 15) is 14.0 Å². The minimum Gasteiger partial charge on any atom is -0.495 e. The number of hydrogen-bond donors (Lipinski definition) is 1. The van der Waals surface area contributed by atoms with Crippen LogP contribution in [-0.4, -0.2) is 54.2 Å². The van der Waals surface area contributed by atoms with Gasteiger partial charge < -0.3 is 19.9 Å². The van der Waals surface area contributed by atoms with Crippen molar-refractivity contribution in [3.05, 3.63) is 59.9 Å². The Balaban J connectivity index is 1.65. The topological polar surface area (TPSA) is 61.9 Å². The van der Waals surface area contributed by atoms with E-state index in [0.29, 0.717) is 24.5 Å². The second kappa shape index (κ2) is 9.17. The molecular formula is C21H24FN3O3S. The number of carbonyl (C=O) groups excluding carboxylic acids is 2. The highest BCUT2D eigenvalue weighted by molar-refractivity contribution is 8.01. The van der Waals surface area contributed by atoms with Gasteiger partial charge in [0, 0.05) is 20.1 Å². The molecule has 1 saturated heterocycles. The van der Waals surface area contributed by atoms with E-state index in [1.807, 2.05) is 25.1 Å². The van der Waals surface area contributed by atoms with Gasteiger partial charge in [-0.3, -0.25) is 4.79 Å². The van der Waals surface area contributed by atoms with E-state index >= 15 is 0 Å². The molecule has 0 bridgehead atoms. The Kier molecular flexibility index (Phi) is 6.64. The Morgan fingerprint density at radius 3 is 2.76 bits per heavy atom. The quantitative estimate of drug-likeness (QED) is 0.773. The van der Waals surface area contributed by atoms with E-state index in [1.165, 1.54) is 28.8 Å². The highest BCUT2D eigenvalue weighted by atomic mass is 32.2. The van der Waals surface area contributed by atoms with Crippen molar-refractivity contribution in [2.75, 3.05) is 32.6 Å². The van der Waals surface area contributed by atoms with Crippen molar-refractivity contribution in [2.45, 2.75) is 17.5 Å². The number of nitrogens with zero attached hydrogens (tertiary/aromatic N) is 2. The molecule has 2 atom stereocenters. The van der Waals surface area contributed by atoms with Crippen LogP contribution in [0.4, 0.5) is 14.9 Å². The maximum absolute atomic E-state index is 13.6. The lowest BCUT2D eigenvalue weighted by atomic mass is 10.2. The molecule has 2 aromatic rings. The normalized spacial score (nSPS) is 18.6. The number of urea groups is 1. The summed E-state index contributed by atoms with van der Waals surface area (Å²) in [5.74, 6) is 0.228. The van der Waals surface area contributed by atoms with E-state index in [4.69, 9.17) is 4.74 Å². The molecule has 8 heteroatoms. The molecule has 0 spiro atoms. The van der Waals surface area contributed by atoms with Crippen molar-refractivity contribution in [3.8, 4) is 5.75 Å². The van der Waals surface area contributed by atoms with Crippen molar-refractivity contribution in [3.63, 3.8) is 0 Å². The van der Waals surface area contributed by atoms with Gasteiger partial charge in [0.15, 0.2) is 0 Å². The highest BCUT2D eigenvalue weighted by Crippen LogP contribution is 2.42. The molecule has 3 rings (SSSR count). The highest BCUT2D eigenvalue weighted by Gasteiger charge is 2.38. The zero-order chi connectivity index (χ0) is 21.0. The number of benzene rings is 2. The number of methoxy groups -OCH3 is 1. The Hall–Kier alpha value is -2.74. The number of hydrogen-bond acceptors (Lipinski definition) is 4. The maximum atomic E-state index is 13.6. The van der Waals surface area contributed by atoms with Crippen molar-refractivity contribution in [2.24, 2.45) is 0 Å². The van der Waals surface area contributed by atoms with Crippen LogP contribution in [0.2, 0.25) is 0 Å². The molecule has 0 saturated carbocycles. The second-order valence-corrected chi connectivity index (χ2v) is 8.20. The first kappa shape index (κ1) is 21.0. The number of nitrogens with one attached hydrogen (secondary N) is 1. The second-order valence-electron chi connectivity index (χ2n) is 6.77. The summed E-state index contributed by atoms with van der Waals surface area (Å²) in [6.45, 7) is 2.54. The summed E-state index contributed by atoms with van der Waals surface area (Å²) in [4.78, 5) is 28.4. The summed E-state index contributed by atoms with van der Waals surface area (Å²) in [7, 11) is 3.21. The summed E-state index contributed by atoms with van der Waals surface area (Å²) < 4.78 is 18.9. The van der Waals surface area contributed by atoms with E-state index < -0.39 is 0 Å². The van der Waals surface area contributed by atoms with Gasteiger partial charge in [-0.1, -0.05) is 24.3 Å². The number of para-hydroxylation sites is 2. The summed E-state index contributed by atoms with van der Waals surface area (Å²) >= 11 is 1.49. The van der Waals surface area contributed by atoms with Gasteiger partial charge in [0.25, 0.3) is 0 Å². The Morgan fingerprint density at radius 1 is 1.28 bits per heavy atom. The average Bonchev–Trinajstić information content (AvgIpc) is 3.00. The Bertz CT molecular complexity index is 895. The van der Waals surface area contributed by atoms with E-state index in [-0.39, 0.29) is 28.4 Å². The molecule has 1 aliphatic heterocycles. The molecule has 3 amide bonds. The van der Waals surface area contributed by atoms with Gasteiger partial charge in [0.1, 0.15) is 16.9 Å². The molecule has 154 valence electrons. The maximum Gasteiger partial charge on any atom is 0.321 e. The van der Waals surface area contributed by atoms with Gasteiger partial charge >= 0.3 is 6.03 Å². The van der Waals surface area contributed by atoms with Gasteiger partial charge in [-0.25, -0.2) is 9.18 Å². The molecule has 0 aromatic heterocycles. The van der Waals surface area contributed by atoms with Crippen molar-refractivity contribution >= 4 is 29.4 Å². The Morgan fingerprint density at radius 2 is 2.03 bits per heavy atom. The van der Waals surface area contributed by atoms with Gasteiger partial charge in [0.2, 0.25) is 5.91 Å². The van der Waals surface area contributed by atoms with Crippen LogP contribution in [0.15, 0.2) is 48.5 Å². The molecule has 29 heavy (non-hydrogen) atoms. The summed E-state index contributed by atoms with van der Waals surface area (Å²) in [6, 6.07) is 13.1. The van der Waals surface area contributed by atoms with E-state index in [2.05, 4.69) is 5.32 Å². The fraction of sp³-hybridized carbons (Fsp3) is 0.333. The van der Waals surface area contributed by atoms with Crippen molar-refractivity contribution in [1.29, 1.82) is 0 Å². The minimum absolute atomic E-state index is 0.0113. The number of likely N-dealkylation sites (N-methyl/N-ethyl adjacent to an activating group) is 1. The third-order valence-electron chi connectivity index (χ3n) is 4.75. The summed E-state index contributed by atoms with van der Waals surface area (Å²) in [5, 5.41) is 2.33. The number of halogens is 1. The number of amides is 3. The molecular weight excluding hydrogens is 393 g/mol. The van der Waals surface area contributed by atoms with Crippen LogP contribution in [0, 0.1) is 5.82 Å². The van der Waals surface area contributed by atoms with Crippen molar-refractivity contribution in [1.82, 2.24) is 9.80 Å². The number of anilines is 1. The predicted octanol–water partition coefficient (Wildman–Crippen LogP) is 3.96. The minimum atomic E-state index is -0.330. The van der Waals surface area contributed by atoms with Gasteiger partial charge in [-0.15, -0.1) is 11.8 Å². The summed E-state index contributed by atoms with van der Waals surface area (Å²) in [5.41, 5.74) is 1.32. The first-order chi connectivity index (χ1) is 13.9. The third kappa shape index (κ3) is 4.82. The van der Waals surface area contributed by atoms with Crippen LogP contribution in [0.25, 0.3) is 0 Å². The smallest absolute Gasteiger partial charge is 0.321 e. The SMILES string of the molecule is COc1ccccc1NC(=O)N(C)CCN1C(=O)[C@@H](C)S[C@H]1c1cccc(F)c1. The van der Waals surface area contributed by atoms with Crippen LogP contribution in [-0.2, 0) is 4.79 Å². The fourth-order valence-corrected chi connectivity index (χ4v) is 4.44. The molecule has 6 nitrogen and oxygen atoms in total. The zero-order valence-electron chi connectivity index (χ0n) is 16.6. The van der Waals surface area contributed by atoms with Gasteiger partial charge in [-0.05, 0) is 36.8 Å². The molecule has 2 aromatic carbocycles. The standard InChI is InChI=1S/C21H24FN3O3S/c1-14-19(26)25(20(29-14)15-7-6-8-16(22)13-15)12-11-24(2)21(27)23-17-9-4-5-10-18(17)28-3/h4-10,13-14,20H,11-12H2,1-3H3,(H,23,27)/t14-,20+/m1/s1. The van der Waals surface area contributed by atoms with Gasteiger partial charge in [-0.2, -0.15) is 0 Å². The average molecular weight is 418 g/mol. The van der Waals surface area contributed by atoms with Crippen LogP contribution in [0.3, 0.4) is 0 Å². The van der Waals surface area contributed by atoms with E-state index in [1.54, 1.807) is 37.3 Å². The molecule has 1 aliphatic rings. The van der Waals surface area contributed by atoms with Crippen LogP contribution < -0.4 is 10.1 Å². The molecule has 1 heterocycles.